The summed E-state index contributed by atoms with van der Waals surface area (Å²) in [6.07, 6.45) is 4.87. The van der Waals surface area contributed by atoms with Crippen LogP contribution in [0.15, 0.2) is 41.8 Å². The van der Waals surface area contributed by atoms with E-state index in [0.29, 0.717) is 16.7 Å². The van der Waals surface area contributed by atoms with Crippen molar-refractivity contribution in [2.24, 2.45) is 0 Å². The van der Waals surface area contributed by atoms with Gasteiger partial charge >= 0.3 is 0 Å². The Kier molecular flexibility index (Phi) is 6.18. The van der Waals surface area contributed by atoms with Gasteiger partial charge in [-0.1, -0.05) is 42.8 Å². The molecule has 0 radical (unpaired) electrons. The Morgan fingerprint density at radius 1 is 1.26 bits per heavy atom. The highest BCUT2D eigenvalue weighted by Gasteiger charge is 2.35. The third-order valence-corrected chi connectivity index (χ3v) is 6.00. The molecule has 1 atom stereocenters. The predicted octanol–water partition coefficient (Wildman–Crippen LogP) is 4.89. The highest BCUT2D eigenvalue weighted by molar-refractivity contribution is 7.99. The molecule has 0 saturated carbocycles. The van der Waals surface area contributed by atoms with E-state index in [1.54, 1.807) is 29.1 Å². The standard InChI is InChI=1S/C23H25N5O2S/c1-5-6-10-31-23-25-21-19(26-27-23)18-12-14(2)11-15(3)20(18)28(16(4)29)22(30-21)17-8-7-9-24-13-17/h7-9,11-13,22H,5-6,10H2,1-4H3/t22-/m1/s1. The Morgan fingerprint density at radius 2 is 2.10 bits per heavy atom. The van der Waals surface area contributed by atoms with Gasteiger partial charge in [-0.3, -0.25) is 14.7 Å². The third kappa shape index (κ3) is 4.25. The van der Waals surface area contributed by atoms with Crippen LogP contribution in [0.4, 0.5) is 5.69 Å². The minimum Gasteiger partial charge on any atom is -0.447 e. The van der Waals surface area contributed by atoms with E-state index in [0.717, 1.165) is 46.5 Å². The molecule has 3 heterocycles. The van der Waals surface area contributed by atoms with Crippen molar-refractivity contribution in [2.75, 3.05) is 10.7 Å². The van der Waals surface area contributed by atoms with Crippen LogP contribution in [0.5, 0.6) is 5.88 Å². The maximum atomic E-state index is 12.9. The summed E-state index contributed by atoms with van der Waals surface area (Å²) in [5.74, 6) is 1.15. The molecule has 1 aliphatic rings. The van der Waals surface area contributed by atoms with Crippen molar-refractivity contribution in [3.8, 4) is 17.1 Å². The monoisotopic (exact) mass is 435 g/mol. The fourth-order valence-corrected chi connectivity index (χ4v) is 4.58. The summed E-state index contributed by atoms with van der Waals surface area (Å²) in [6, 6.07) is 7.78. The van der Waals surface area contributed by atoms with Crippen LogP contribution < -0.4 is 9.64 Å². The lowest BCUT2D eigenvalue weighted by Gasteiger charge is -2.30. The SMILES string of the molecule is CCCCSc1nnc2c(n1)O[C@H](c1cccnc1)N(C(C)=O)c1c(C)cc(C)cc1-2. The number of benzene rings is 1. The number of carbonyl (C=O) groups excluding carboxylic acids is 1. The van der Waals surface area contributed by atoms with E-state index in [-0.39, 0.29) is 5.91 Å². The number of anilines is 1. The quantitative estimate of drug-likeness (QED) is 0.417. The normalized spacial score (nSPS) is 15.0. The van der Waals surface area contributed by atoms with Crippen molar-refractivity contribution in [1.82, 2.24) is 20.2 Å². The number of nitrogens with zero attached hydrogens (tertiary/aromatic N) is 5. The third-order valence-electron chi connectivity index (χ3n) is 5.07. The molecule has 3 aromatic rings. The summed E-state index contributed by atoms with van der Waals surface area (Å²) in [4.78, 5) is 23.5. The number of hydrogen-bond acceptors (Lipinski definition) is 7. The number of ether oxygens (including phenoxy) is 1. The fraction of sp³-hybridized carbons (Fsp3) is 0.348. The van der Waals surface area contributed by atoms with Crippen LogP contribution >= 0.6 is 11.8 Å². The second-order valence-electron chi connectivity index (χ2n) is 7.57. The zero-order valence-electron chi connectivity index (χ0n) is 18.1. The molecule has 8 heteroatoms. The number of carbonyl (C=O) groups is 1. The average Bonchev–Trinajstić information content (AvgIpc) is 2.89. The summed E-state index contributed by atoms with van der Waals surface area (Å²) in [7, 11) is 0. The Labute approximate surface area is 186 Å². The van der Waals surface area contributed by atoms with Gasteiger partial charge in [0.25, 0.3) is 0 Å². The molecule has 31 heavy (non-hydrogen) atoms. The molecule has 2 aromatic heterocycles. The summed E-state index contributed by atoms with van der Waals surface area (Å²) in [6.45, 7) is 7.70. The van der Waals surface area contributed by atoms with Gasteiger partial charge in [-0.25, -0.2) is 0 Å². The van der Waals surface area contributed by atoms with Crippen LogP contribution in [-0.4, -0.2) is 31.8 Å². The molecule has 0 bridgehead atoms. The van der Waals surface area contributed by atoms with Crippen molar-refractivity contribution < 1.29 is 9.53 Å². The van der Waals surface area contributed by atoms with Crippen LogP contribution in [0.2, 0.25) is 0 Å². The Balaban J connectivity index is 1.92. The van der Waals surface area contributed by atoms with E-state index in [1.807, 2.05) is 32.0 Å². The topological polar surface area (TPSA) is 81.1 Å². The fourth-order valence-electron chi connectivity index (χ4n) is 3.72. The molecule has 1 aromatic carbocycles. The number of amides is 1. The van der Waals surface area contributed by atoms with E-state index in [1.165, 1.54) is 6.92 Å². The average molecular weight is 436 g/mol. The molecular weight excluding hydrogens is 410 g/mol. The van der Waals surface area contributed by atoms with E-state index in [4.69, 9.17) is 4.74 Å². The predicted molar refractivity (Wildman–Crippen MR) is 121 cm³/mol. The number of hydrogen-bond donors (Lipinski definition) is 0. The van der Waals surface area contributed by atoms with E-state index >= 15 is 0 Å². The molecule has 1 amide bonds. The summed E-state index contributed by atoms with van der Waals surface area (Å²) in [5.41, 5.74) is 4.87. The number of unbranched alkanes of at least 4 members (excludes halogenated alkanes) is 1. The first-order valence-corrected chi connectivity index (χ1v) is 11.3. The van der Waals surface area contributed by atoms with E-state index in [9.17, 15) is 4.79 Å². The van der Waals surface area contributed by atoms with Gasteiger partial charge in [-0.2, -0.15) is 4.98 Å². The number of aromatic nitrogens is 4. The first-order valence-electron chi connectivity index (χ1n) is 10.3. The Bertz CT molecular complexity index is 1110. The van der Waals surface area contributed by atoms with Crippen molar-refractivity contribution in [1.29, 1.82) is 0 Å². The smallest absolute Gasteiger partial charge is 0.247 e. The van der Waals surface area contributed by atoms with Gasteiger partial charge in [-0.05, 0) is 38.0 Å². The minimum absolute atomic E-state index is 0.139. The summed E-state index contributed by atoms with van der Waals surface area (Å²) in [5, 5.41) is 9.40. The first kappa shape index (κ1) is 21.2. The van der Waals surface area contributed by atoms with Gasteiger partial charge in [0.05, 0.1) is 5.69 Å². The van der Waals surface area contributed by atoms with Crippen LogP contribution in [0.3, 0.4) is 0 Å². The molecule has 0 saturated heterocycles. The van der Waals surface area contributed by atoms with Crippen LogP contribution in [0, 0.1) is 13.8 Å². The van der Waals surface area contributed by atoms with Crippen LogP contribution in [0.25, 0.3) is 11.3 Å². The molecular formula is C23H25N5O2S. The van der Waals surface area contributed by atoms with Gasteiger partial charge in [0.1, 0.15) is 0 Å². The van der Waals surface area contributed by atoms with Crippen molar-refractivity contribution in [3.63, 3.8) is 0 Å². The zero-order chi connectivity index (χ0) is 22.0. The molecule has 1 aliphatic heterocycles. The second-order valence-corrected chi connectivity index (χ2v) is 8.64. The van der Waals surface area contributed by atoms with E-state index < -0.39 is 6.23 Å². The molecule has 7 nitrogen and oxygen atoms in total. The number of aryl methyl sites for hydroxylation is 2. The second kappa shape index (κ2) is 9.01. The number of pyridine rings is 1. The van der Waals surface area contributed by atoms with Crippen molar-refractivity contribution >= 4 is 23.4 Å². The van der Waals surface area contributed by atoms with Gasteiger partial charge in [0.2, 0.25) is 23.2 Å². The molecule has 0 aliphatic carbocycles. The van der Waals surface area contributed by atoms with Gasteiger partial charge < -0.3 is 4.74 Å². The van der Waals surface area contributed by atoms with Gasteiger partial charge in [-0.15, -0.1) is 10.2 Å². The van der Waals surface area contributed by atoms with Crippen molar-refractivity contribution in [2.45, 2.75) is 51.9 Å². The van der Waals surface area contributed by atoms with Gasteiger partial charge in [0, 0.05) is 36.2 Å². The number of rotatable bonds is 5. The Morgan fingerprint density at radius 3 is 2.81 bits per heavy atom. The summed E-state index contributed by atoms with van der Waals surface area (Å²) >= 11 is 1.56. The highest BCUT2D eigenvalue weighted by atomic mass is 32.2. The lowest BCUT2D eigenvalue weighted by molar-refractivity contribution is -0.118. The lowest BCUT2D eigenvalue weighted by atomic mass is 10.00. The highest BCUT2D eigenvalue weighted by Crippen LogP contribution is 2.45. The molecule has 0 fully saturated rings. The maximum Gasteiger partial charge on any atom is 0.247 e. The molecule has 0 N–H and O–H groups in total. The van der Waals surface area contributed by atoms with E-state index in [2.05, 4.69) is 33.2 Å². The zero-order valence-corrected chi connectivity index (χ0v) is 18.9. The molecule has 0 spiro atoms. The van der Waals surface area contributed by atoms with Gasteiger partial charge in [0.15, 0.2) is 5.69 Å². The largest absolute Gasteiger partial charge is 0.447 e. The Hall–Kier alpha value is -3.00. The molecule has 160 valence electrons. The summed E-state index contributed by atoms with van der Waals surface area (Å²) < 4.78 is 6.38. The molecule has 4 rings (SSSR count). The molecule has 0 unspecified atom stereocenters. The number of fused-ring (bicyclic) bond motifs is 3. The lowest BCUT2D eigenvalue weighted by Crippen LogP contribution is -2.36. The maximum absolute atomic E-state index is 12.9. The first-order chi connectivity index (χ1) is 15.0. The van der Waals surface area contributed by atoms with Crippen molar-refractivity contribution in [3.05, 3.63) is 53.3 Å². The van der Waals surface area contributed by atoms with Crippen LogP contribution in [-0.2, 0) is 4.79 Å². The minimum atomic E-state index is -0.710. The number of thioether (sulfide) groups is 1. The van der Waals surface area contributed by atoms with Crippen LogP contribution in [0.1, 0.15) is 49.6 Å².